The van der Waals surface area contributed by atoms with Crippen LogP contribution in [0, 0.1) is 0 Å². The molecule has 1 saturated heterocycles. The third-order valence-corrected chi connectivity index (χ3v) is 10.1. The fraction of sp³-hybridized carbons (Fsp3) is 0.632. The quantitative estimate of drug-likeness (QED) is 0.165. The summed E-state index contributed by atoms with van der Waals surface area (Å²) in [6.45, 7) is 9.08. The van der Waals surface area contributed by atoms with Crippen LogP contribution in [0.5, 0.6) is 11.5 Å². The van der Waals surface area contributed by atoms with Crippen LogP contribution in [-0.2, 0) is 69.0 Å². The van der Waals surface area contributed by atoms with Crippen LogP contribution in [0.25, 0.3) is 0 Å². The number of unbranched alkanes of at least 4 members (excludes halogenated alkanes) is 1. The lowest BCUT2D eigenvalue weighted by Gasteiger charge is -2.61. The van der Waals surface area contributed by atoms with Crippen LogP contribution in [-0.4, -0.2) is 115 Å². The Bertz CT molecular complexity index is 1710. The predicted octanol–water partition coefficient (Wildman–Crippen LogP) is 2.37. The minimum absolute atomic E-state index is 0.0346. The molecule has 296 valence electrons. The van der Waals surface area contributed by atoms with Gasteiger partial charge < -0.3 is 47.9 Å². The smallest absolute Gasteiger partial charge is 0.357 e. The summed E-state index contributed by atoms with van der Waals surface area (Å²) >= 11 is 0. The van der Waals surface area contributed by atoms with E-state index in [4.69, 9.17) is 37.9 Å². The van der Waals surface area contributed by atoms with Crippen molar-refractivity contribution in [3.05, 3.63) is 35.1 Å². The number of likely N-dealkylation sites (tertiary alicyclic amines) is 1. The fourth-order valence-corrected chi connectivity index (χ4v) is 7.88. The first kappa shape index (κ1) is 40.5. The van der Waals surface area contributed by atoms with Crippen molar-refractivity contribution in [1.29, 1.82) is 0 Å². The average Bonchev–Trinajstić information content (AvgIpc) is 3.44. The molecule has 0 unspecified atom stereocenters. The third kappa shape index (κ3) is 7.63. The van der Waals surface area contributed by atoms with Gasteiger partial charge in [0.25, 0.3) is 0 Å². The number of carbonyl (C=O) groups is 6. The number of ether oxygens (including phenoxy) is 8. The summed E-state index contributed by atoms with van der Waals surface area (Å²) in [6.07, 6.45) is -4.45. The van der Waals surface area contributed by atoms with Gasteiger partial charge in [-0.15, -0.1) is 0 Å². The number of hydrogen-bond acceptors (Lipinski definition) is 16. The number of piperidine rings is 1. The van der Waals surface area contributed by atoms with E-state index in [1.54, 1.807) is 26.8 Å². The van der Waals surface area contributed by atoms with Crippen molar-refractivity contribution in [2.24, 2.45) is 0 Å². The highest BCUT2D eigenvalue weighted by atomic mass is 16.7. The van der Waals surface area contributed by atoms with Crippen molar-refractivity contribution in [3.63, 3.8) is 0 Å². The van der Waals surface area contributed by atoms with Gasteiger partial charge in [-0.05, 0) is 71.3 Å². The van der Waals surface area contributed by atoms with Crippen molar-refractivity contribution >= 4 is 35.8 Å². The number of aliphatic hydroxyl groups is 1. The Morgan fingerprint density at radius 2 is 1.67 bits per heavy atom. The Morgan fingerprint density at radius 1 is 1.00 bits per heavy atom. The molecule has 1 spiro atoms. The minimum atomic E-state index is -2.30. The molecule has 16 nitrogen and oxygen atoms in total. The number of benzene rings is 1. The van der Waals surface area contributed by atoms with E-state index in [1.807, 2.05) is 20.0 Å². The molecule has 4 aliphatic rings. The molecule has 1 aromatic rings. The monoisotopic (exact) mass is 759 g/mol. The molecule has 2 aliphatic heterocycles. The van der Waals surface area contributed by atoms with Crippen LogP contribution in [0.15, 0.2) is 24.0 Å². The normalized spacial score (nSPS) is 25.3. The van der Waals surface area contributed by atoms with Gasteiger partial charge in [-0.3, -0.25) is 14.4 Å². The second kappa shape index (κ2) is 15.6. The van der Waals surface area contributed by atoms with Gasteiger partial charge in [-0.1, -0.05) is 19.4 Å². The topological polar surface area (TPSA) is 200 Å². The zero-order chi connectivity index (χ0) is 39.7. The zero-order valence-corrected chi connectivity index (χ0v) is 31.9. The SMILES string of the molecule is CCCCOC(=O)C[C@@H](OC(=O)[C@H](OC(C)=O)[C@@H](OC(C)=O)C(=O)OC1=CC[C@]2(O)[C@@H]3Cc4ccc(OC)c5c4[C@]2(CCN3C)[C@@H]1O5)C(=O)OC(C)(C)C. The fourth-order valence-electron chi connectivity index (χ4n) is 7.88. The van der Waals surface area contributed by atoms with E-state index in [0.29, 0.717) is 37.3 Å². The van der Waals surface area contributed by atoms with E-state index in [1.165, 1.54) is 13.2 Å². The van der Waals surface area contributed by atoms with Crippen LogP contribution in [0.3, 0.4) is 0 Å². The maximum Gasteiger partial charge on any atom is 0.357 e. The highest BCUT2D eigenvalue weighted by molar-refractivity contribution is 5.91. The minimum Gasteiger partial charge on any atom is -0.493 e. The molecule has 0 saturated carbocycles. The van der Waals surface area contributed by atoms with Crippen LogP contribution < -0.4 is 9.47 Å². The molecule has 0 aromatic heterocycles. The van der Waals surface area contributed by atoms with Gasteiger partial charge in [0, 0.05) is 31.9 Å². The maximum absolute atomic E-state index is 14.1. The number of rotatable bonds is 14. The van der Waals surface area contributed by atoms with Crippen LogP contribution in [0.1, 0.15) is 84.8 Å². The lowest BCUT2D eigenvalue weighted by atomic mass is 9.50. The van der Waals surface area contributed by atoms with Gasteiger partial charge in [-0.25, -0.2) is 14.4 Å². The van der Waals surface area contributed by atoms with Crippen molar-refractivity contribution in [1.82, 2.24) is 4.90 Å². The van der Waals surface area contributed by atoms with Crippen molar-refractivity contribution in [2.45, 2.75) is 127 Å². The molecule has 2 heterocycles. The molecule has 1 aromatic carbocycles. The molecule has 1 N–H and O–H groups in total. The molecule has 0 amide bonds. The first-order valence-corrected chi connectivity index (χ1v) is 18.0. The number of nitrogens with zero attached hydrogens (tertiary/aromatic N) is 1. The van der Waals surface area contributed by atoms with E-state index in [9.17, 15) is 33.9 Å². The molecule has 0 radical (unpaired) electrons. The van der Waals surface area contributed by atoms with E-state index < -0.39 is 83.3 Å². The summed E-state index contributed by atoms with van der Waals surface area (Å²) in [7, 11) is 3.43. The zero-order valence-electron chi connectivity index (χ0n) is 31.9. The van der Waals surface area contributed by atoms with Crippen LogP contribution in [0.2, 0.25) is 0 Å². The Hall–Kier alpha value is -4.70. The van der Waals surface area contributed by atoms with Gasteiger partial charge in [0.15, 0.2) is 17.6 Å². The number of hydrogen-bond donors (Lipinski definition) is 1. The van der Waals surface area contributed by atoms with Gasteiger partial charge in [-0.2, -0.15) is 0 Å². The first-order chi connectivity index (χ1) is 25.4. The number of methoxy groups -OCH3 is 1. The van der Waals surface area contributed by atoms with Crippen molar-refractivity contribution in [2.75, 3.05) is 27.3 Å². The van der Waals surface area contributed by atoms with Gasteiger partial charge >= 0.3 is 35.8 Å². The first-order valence-electron chi connectivity index (χ1n) is 18.0. The van der Waals surface area contributed by atoms with Gasteiger partial charge in [0.1, 0.15) is 11.4 Å². The molecule has 5 rings (SSSR count). The van der Waals surface area contributed by atoms with E-state index >= 15 is 0 Å². The molecule has 7 atom stereocenters. The van der Waals surface area contributed by atoms with Gasteiger partial charge in [0.2, 0.25) is 18.3 Å². The third-order valence-electron chi connectivity index (χ3n) is 10.1. The van der Waals surface area contributed by atoms with E-state index in [-0.39, 0.29) is 24.8 Å². The number of carbonyl (C=O) groups excluding carboxylic acids is 6. The highest BCUT2D eigenvalue weighted by Crippen LogP contribution is 2.65. The number of esters is 6. The predicted molar refractivity (Wildman–Crippen MR) is 185 cm³/mol. The molecule has 1 fully saturated rings. The molecular weight excluding hydrogens is 710 g/mol. The average molecular weight is 760 g/mol. The lowest BCUT2D eigenvalue weighted by molar-refractivity contribution is -0.198. The summed E-state index contributed by atoms with van der Waals surface area (Å²) in [4.78, 5) is 80.4. The lowest BCUT2D eigenvalue weighted by Crippen LogP contribution is -2.74. The second-order valence-corrected chi connectivity index (χ2v) is 15.0. The Kier molecular flexibility index (Phi) is 11.7. The molecule has 16 heteroatoms. The summed E-state index contributed by atoms with van der Waals surface area (Å²) in [5.74, 6) is -6.20. The molecule has 2 aliphatic carbocycles. The molecule has 2 bridgehead atoms. The largest absolute Gasteiger partial charge is 0.493 e. The molecular formula is C38H49NO15. The Balaban J connectivity index is 1.46. The Morgan fingerprint density at radius 3 is 2.28 bits per heavy atom. The number of likely N-dealkylation sites (N-methyl/N-ethyl adjacent to an activating group) is 1. The highest BCUT2D eigenvalue weighted by Gasteiger charge is 2.72. The summed E-state index contributed by atoms with van der Waals surface area (Å²) in [5, 5.41) is 12.5. The van der Waals surface area contributed by atoms with Crippen molar-refractivity contribution < 1.29 is 71.8 Å². The van der Waals surface area contributed by atoms with E-state index in [0.717, 1.165) is 31.4 Å². The standard InChI is InChI=1S/C38H49NO15/c1-9-10-17-48-27(42)19-25(33(43)54-36(4,5)6)52-35(45)31(50-21(3)41)30(49-20(2)40)34(44)51-24-13-14-38(46)26-18-22-11-12-23(47-8)29-28(22)37(38,32(24)53-29)15-16-39(26)7/h11-13,25-26,30-32,46H,9-10,14-19H2,1-8H3/t25-,26+,30-,31-,32-,37-,38+/m1/s1. The van der Waals surface area contributed by atoms with Gasteiger partial charge in [0.05, 0.1) is 31.2 Å². The van der Waals surface area contributed by atoms with Crippen LogP contribution >= 0.6 is 0 Å². The summed E-state index contributed by atoms with van der Waals surface area (Å²) in [5.41, 5.74) is -1.75. The Labute approximate surface area is 313 Å². The van der Waals surface area contributed by atoms with E-state index in [2.05, 4.69) is 4.90 Å². The second-order valence-electron chi connectivity index (χ2n) is 15.0. The summed E-state index contributed by atoms with van der Waals surface area (Å²) in [6, 6.07) is 3.41. The van der Waals surface area contributed by atoms with Crippen LogP contribution in [0.4, 0.5) is 0 Å². The van der Waals surface area contributed by atoms with Crippen molar-refractivity contribution in [3.8, 4) is 11.5 Å². The summed E-state index contributed by atoms with van der Waals surface area (Å²) < 4.78 is 44.3. The molecule has 54 heavy (non-hydrogen) atoms. The maximum atomic E-state index is 14.1.